The van der Waals surface area contributed by atoms with Gasteiger partial charge in [-0.25, -0.2) is 0 Å². The summed E-state index contributed by atoms with van der Waals surface area (Å²) in [5, 5.41) is 2.84. The Hall–Kier alpha value is -2.69. The van der Waals surface area contributed by atoms with Crippen LogP contribution in [-0.2, 0) is 5.41 Å². The molecule has 0 unspecified atom stereocenters. The normalized spacial score (nSPS) is 11.0. The van der Waals surface area contributed by atoms with E-state index in [1.165, 1.54) is 5.56 Å². The van der Waals surface area contributed by atoms with Gasteiger partial charge < -0.3 is 19.5 Å². The highest BCUT2D eigenvalue weighted by Crippen LogP contribution is 2.27. The average molecular weight is 357 g/mol. The smallest absolute Gasteiger partial charge is 0.251 e. The van der Waals surface area contributed by atoms with Crippen LogP contribution in [0.25, 0.3) is 0 Å². The number of nitrogens with one attached hydrogen (secondary N) is 1. The Kier molecular flexibility index (Phi) is 6.50. The Morgan fingerprint density at radius 2 is 1.73 bits per heavy atom. The number of benzene rings is 2. The third kappa shape index (κ3) is 5.15. The molecule has 2 rings (SSSR count). The summed E-state index contributed by atoms with van der Waals surface area (Å²) in [6.45, 7) is 7.29. The van der Waals surface area contributed by atoms with Gasteiger partial charge in [0.2, 0.25) is 0 Å². The molecule has 0 radical (unpaired) electrons. The van der Waals surface area contributed by atoms with E-state index in [0.717, 1.165) is 5.75 Å². The molecule has 0 aliphatic heterocycles. The van der Waals surface area contributed by atoms with Gasteiger partial charge in [0.15, 0.2) is 11.5 Å². The minimum absolute atomic E-state index is 0.0704. The fourth-order valence-corrected chi connectivity index (χ4v) is 2.47. The lowest BCUT2D eigenvalue weighted by molar-refractivity contribution is 0.0946. The highest BCUT2D eigenvalue weighted by atomic mass is 16.5. The van der Waals surface area contributed by atoms with Gasteiger partial charge in [-0.2, -0.15) is 0 Å². The molecule has 5 heteroatoms. The summed E-state index contributed by atoms with van der Waals surface area (Å²) in [6.07, 6.45) is 0. The molecule has 2 aromatic rings. The number of methoxy groups -OCH3 is 2. The maximum Gasteiger partial charge on any atom is 0.251 e. The summed E-state index contributed by atoms with van der Waals surface area (Å²) < 4.78 is 16.1. The molecule has 2 aromatic carbocycles. The molecular weight excluding hydrogens is 330 g/mol. The third-order valence-electron chi connectivity index (χ3n) is 4.00. The van der Waals surface area contributed by atoms with Gasteiger partial charge in [0, 0.05) is 5.56 Å². The number of amides is 1. The molecule has 0 fully saturated rings. The first kappa shape index (κ1) is 19.6. The first-order valence-corrected chi connectivity index (χ1v) is 8.58. The Bertz CT molecular complexity index is 750. The molecule has 0 heterocycles. The molecule has 0 saturated heterocycles. The van der Waals surface area contributed by atoms with Crippen LogP contribution in [-0.4, -0.2) is 33.3 Å². The van der Waals surface area contributed by atoms with Gasteiger partial charge in [0.25, 0.3) is 5.91 Å². The van der Waals surface area contributed by atoms with Gasteiger partial charge in [0.05, 0.1) is 20.8 Å². The quantitative estimate of drug-likeness (QED) is 0.766. The van der Waals surface area contributed by atoms with Crippen LogP contribution in [0.3, 0.4) is 0 Å². The standard InChI is InChI=1S/C21H27NO4/c1-21(2,3)16-7-6-8-17(14-16)26-12-11-22-20(23)15-9-10-18(24-4)19(13-15)25-5/h6-10,13-14H,11-12H2,1-5H3,(H,22,23). The van der Waals surface area contributed by atoms with Gasteiger partial charge in [0.1, 0.15) is 12.4 Å². The fourth-order valence-electron chi connectivity index (χ4n) is 2.47. The molecule has 0 aliphatic rings. The van der Waals surface area contributed by atoms with Crippen molar-refractivity contribution in [3.05, 3.63) is 53.6 Å². The number of ether oxygens (including phenoxy) is 3. The molecular formula is C21H27NO4. The van der Waals surface area contributed by atoms with Gasteiger partial charge in [-0.05, 0) is 41.3 Å². The van der Waals surface area contributed by atoms with Crippen molar-refractivity contribution in [1.29, 1.82) is 0 Å². The van der Waals surface area contributed by atoms with E-state index in [9.17, 15) is 4.79 Å². The second-order valence-electron chi connectivity index (χ2n) is 6.95. The molecule has 0 bridgehead atoms. The minimum atomic E-state index is -0.182. The van der Waals surface area contributed by atoms with E-state index < -0.39 is 0 Å². The van der Waals surface area contributed by atoms with Gasteiger partial charge in [-0.1, -0.05) is 32.9 Å². The van der Waals surface area contributed by atoms with Crippen LogP contribution in [0.4, 0.5) is 0 Å². The Balaban J connectivity index is 1.87. The predicted octanol–water partition coefficient (Wildman–Crippen LogP) is 3.81. The van der Waals surface area contributed by atoms with Crippen molar-refractivity contribution >= 4 is 5.91 Å². The van der Waals surface area contributed by atoms with Crippen LogP contribution in [0.2, 0.25) is 0 Å². The average Bonchev–Trinajstić information content (AvgIpc) is 2.64. The number of rotatable bonds is 7. The monoisotopic (exact) mass is 357 g/mol. The van der Waals surface area contributed by atoms with Crippen molar-refractivity contribution in [2.24, 2.45) is 0 Å². The van der Waals surface area contributed by atoms with E-state index in [4.69, 9.17) is 14.2 Å². The maximum atomic E-state index is 12.2. The third-order valence-corrected chi connectivity index (χ3v) is 4.00. The number of hydrogen-bond donors (Lipinski definition) is 1. The van der Waals surface area contributed by atoms with Gasteiger partial charge >= 0.3 is 0 Å². The van der Waals surface area contributed by atoms with Crippen molar-refractivity contribution in [3.63, 3.8) is 0 Å². The Labute approximate surface area is 155 Å². The highest BCUT2D eigenvalue weighted by Gasteiger charge is 2.14. The summed E-state index contributed by atoms with van der Waals surface area (Å²) in [7, 11) is 3.10. The molecule has 0 aromatic heterocycles. The summed E-state index contributed by atoms with van der Waals surface area (Å²) in [4.78, 5) is 12.2. The zero-order valence-corrected chi connectivity index (χ0v) is 16.1. The second-order valence-corrected chi connectivity index (χ2v) is 6.95. The van der Waals surface area contributed by atoms with Crippen LogP contribution < -0.4 is 19.5 Å². The van der Waals surface area contributed by atoms with Crippen molar-refractivity contribution in [3.8, 4) is 17.2 Å². The van der Waals surface area contributed by atoms with Crippen LogP contribution in [0, 0.1) is 0 Å². The van der Waals surface area contributed by atoms with Crippen LogP contribution in [0.5, 0.6) is 17.2 Å². The molecule has 0 aliphatic carbocycles. The molecule has 5 nitrogen and oxygen atoms in total. The summed E-state index contributed by atoms with van der Waals surface area (Å²) in [5.74, 6) is 1.73. The summed E-state index contributed by atoms with van der Waals surface area (Å²) >= 11 is 0. The first-order chi connectivity index (χ1) is 12.3. The zero-order chi connectivity index (χ0) is 19.2. The maximum absolute atomic E-state index is 12.2. The SMILES string of the molecule is COc1ccc(C(=O)NCCOc2cccc(C(C)(C)C)c2)cc1OC. The Morgan fingerprint density at radius 3 is 2.38 bits per heavy atom. The highest BCUT2D eigenvalue weighted by molar-refractivity contribution is 5.94. The number of carbonyl (C=O) groups excluding carboxylic acids is 1. The lowest BCUT2D eigenvalue weighted by Gasteiger charge is -2.19. The summed E-state index contributed by atoms with van der Waals surface area (Å²) in [5.41, 5.74) is 1.79. The van der Waals surface area contributed by atoms with Gasteiger partial charge in [-0.15, -0.1) is 0 Å². The Morgan fingerprint density at radius 1 is 1.00 bits per heavy atom. The number of hydrogen-bond acceptors (Lipinski definition) is 4. The molecule has 0 spiro atoms. The number of carbonyl (C=O) groups is 1. The fraction of sp³-hybridized carbons (Fsp3) is 0.381. The molecule has 0 saturated carbocycles. The molecule has 1 amide bonds. The predicted molar refractivity (Wildman–Crippen MR) is 103 cm³/mol. The minimum Gasteiger partial charge on any atom is -0.493 e. The van der Waals surface area contributed by atoms with Crippen LogP contribution in [0.1, 0.15) is 36.7 Å². The van der Waals surface area contributed by atoms with E-state index >= 15 is 0 Å². The van der Waals surface area contributed by atoms with Crippen molar-refractivity contribution in [1.82, 2.24) is 5.32 Å². The zero-order valence-electron chi connectivity index (χ0n) is 16.1. The summed E-state index contributed by atoms with van der Waals surface area (Å²) in [6, 6.07) is 13.1. The van der Waals surface area contributed by atoms with Crippen molar-refractivity contribution in [2.75, 3.05) is 27.4 Å². The lowest BCUT2D eigenvalue weighted by atomic mass is 9.87. The van der Waals surface area contributed by atoms with E-state index in [1.54, 1.807) is 32.4 Å². The molecule has 0 atom stereocenters. The van der Waals surface area contributed by atoms with Crippen LogP contribution >= 0.6 is 0 Å². The molecule has 140 valence electrons. The van der Waals surface area contributed by atoms with Crippen molar-refractivity contribution < 1.29 is 19.0 Å². The first-order valence-electron chi connectivity index (χ1n) is 8.58. The van der Waals surface area contributed by atoms with Gasteiger partial charge in [-0.3, -0.25) is 4.79 Å². The topological polar surface area (TPSA) is 56.8 Å². The van der Waals surface area contributed by atoms with Crippen molar-refractivity contribution in [2.45, 2.75) is 26.2 Å². The molecule has 1 N–H and O–H groups in total. The largest absolute Gasteiger partial charge is 0.493 e. The van der Waals surface area contributed by atoms with E-state index in [2.05, 4.69) is 32.2 Å². The van der Waals surface area contributed by atoms with E-state index in [-0.39, 0.29) is 11.3 Å². The van der Waals surface area contributed by atoms with E-state index in [1.807, 2.05) is 18.2 Å². The lowest BCUT2D eigenvalue weighted by Crippen LogP contribution is -2.28. The van der Waals surface area contributed by atoms with E-state index in [0.29, 0.717) is 30.2 Å². The second kappa shape index (κ2) is 8.61. The van der Waals surface area contributed by atoms with Crippen LogP contribution in [0.15, 0.2) is 42.5 Å². The molecule has 26 heavy (non-hydrogen) atoms.